The van der Waals surface area contributed by atoms with E-state index in [1.165, 1.54) is 0 Å². The van der Waals surface area contributed by atoms with E-state index in [1.807, 2.05) is 24.4 Å². The first-order chi connectivity index (χ1) is 11.7. The van der Waals surface area contributed by atoms with E-state index in [0.29, 0.717) is 17.9 Å². The summed E-state index contributed by atoms with van der Waals surface area (Å²) < 4.78 is 0. The van der Waals surface area contributed by atoms with Crippen molar-refractivity contribution in [3.63, 3.8) is 0 Å². The number of thioether (sulfide) groups is 1. The molecule has 10 heteroatoms. The van der Waals surface area contributed by atoms with Crippen molar-refractivity contribution in [3.05, 3.63) is 62.2 Å². The van der Waals surface area contributed by atoms with Crippen molar-refractivity contribution in [2.45, 2.75) is 19.1 Å². The minimum atomic E-state index is -0.0827. The average molecular weight is 434 g/mol. The zero-order chi connectivity index (χ0) is 16.8. The largest absolute Gasteiger partial charge is 0.355 e. The molecule has 3 aromatic heterocycles. The summed E-state index contributed by atoms with van der Waals surface area (Å²) in [6.45, 7) is 2.76. The minimum absolute atomic E-state index is 0. The molecule has 0 saturated carbocycles. The maximum Gasteiger partial charge on any atom is 0.255 e. The van der Waals surface area contributed by atoms with Gasteiger partial charge < -0.3 is 10.3 Å². The second-order valence-corrected chi connectivity index (χ2v) is 7.43. The fraction of sp³-hybridized carbons (Fsp3) is 0.312. The van der Waals surface area contributed by atoms with Gasteiger partial charge in [0.15, 0.2) is 0 Å². The van der Waals surface area contributed by atoms with Gasteiger partial charge in [-0.2, -0.15) is 11.8 Å². The van der Waals surface area contributed by atoms with Crippen molar-refractivity contribution in [2.24, 2.45) is 0 Å². The number of hydrogen-bond donors (Lipinski definition) is 3. The third-order valence-corrected chi connectivity index (χ3v) is 5.38. The Hall–Kier alpha value is -1.48. The Morgan fingerprint density at radius 3 is 2.81 bits per heavy atom. The van der Waals surface area contributed by atoms with Gasteiger partial charge in [-0.3, -0.25) is 9.78 Å². The number of nitrogens with one attached hydrogen (secondary N) is 3. The summed E-state index contributed by atoms with van der Waals surface area (Å²) in [5.74, 6) is 2.31. The number of thiophene rings is 1. The molecule has 0 radical (unpaired) electrons. The second-order valence-electron chi connectivity index (χ2n) is 5.30. The van der Waals surface area contributed by atoms with Crippen LogP contribution in [-0.2, 0) is 12.2 Å². The minimum Gasteiger partial charge on any atom is -0.355 e. The first-order valence-corrected chi connectivity index (χ1v) is 9.67. The van der Waals surface area contributed by atoms with Crippen LogP contribution in [0.4, 0.5) is 5.95 Å². The maximum atomic E-state index is 12.1. The third kappa shape index (κ3) is 6.35. The average Bonchev–Trinajstić information content (AvgIpc) is 3.22. The van der Waals surface area contributed by atoms with Crippen LogP contribution in [0, 0.1) is 6.92 Å². The molecule has 0 aliphatic carbocycles. The number of aromatic amines is 2. The summed E-state index contributed by atoms with van der Waals surface area (Å²) >= 11 is 3.43. The smallest absolute Gasteiger partial charge is 0.255 e. The summed E-state index contributed by atoms with van der Waals surface area (Å²) in [7, 11) is 0. The molecule has 0 bridgehead atoms. The van der Waals surface area contributed by atoms with Crippen LogP contribution in [0.2, 0.25) is 0 Å². The second kappa shape index (κ2) is 11.3. The highest BCUT2D eigenvalue weighted by Gasteiger charge is 2.05. The lowest BCUT2D eigenvalue weighted by Crippen LogP contribution is -2.18. The van der Waals surface area contributed by atoms with Crippen LogP contribution in [-0.4, -0.2) is 32.2 Å². The molecule has 3 heterocycles. The molecule has 0 aliphatic heterocycles. The molecule has 3 rings (SSSR count). The summed E-state index contributed by atoms with van der Waals surface area (Å²) in [4.78, 5) is 27.7. The molecule has 0 spiro atoms. The number of anilines is 1. The van der Waals surface area contributed by atoms with E-state index < -0.39 is 0 Å². The fourth-order valence-corrected chi connectivity index (χ4v) is 3.78. The number of aryl methyl sites for hydroxylation is 1. The zero-order valence-corrected chi connectivity index (χ0v) is 17.4. The third-order valence-electron chi connectivity index (χ3n) is 3.53. The number of hydrogen-bond acceptors (Lipinski definition) is 6. The summed E-state index contributed by atoms with van der Waals surface area (Å²) in [5.41, 5.74) is 2.80. The highest BCUT2D eigenvalue weighted by atomic mass is 35.5. The number of imidazole rings is 1. The van der Waals surface area contributed by atoms with Gasteiger partial charge in [0.2, 0.25) is 5.95 Å². The van der Waals surface area contributed by atoms with Crippen LogP contribution in [0.25, 0.3) is 0 Å². The topological polar surface area (TPSA) is 86.5 Å². The van der Waals surface area contributed by atoms with E-state index in [2.05, 4.69) is 25.3 Å². The lowest BCUT2D eigenvalue weighted by Gasteiger charge is -2.06. The van der Waals surface area contributed by atoms with Crippen molar-refractivity contribution in [1.82, 2.24) is 19.9 Å². The first-order valence-electron chi connectivity index (χ1n) is 7.63. The predicted molar refractivity (Wildman–Crippen MR) is 114 cm³/mol. The van der Waals surface area contributed by atoms with Crippen molar-refractivity contribution in [3.8, 4) is 0 Å². The standard InChI is InChI=1S/C16H19N5OS2.2ClH/c1-11-14(20-10-19-11)9-23-6-4-17-16-18-8-12(15(22)21-16)7-13-3-2-5-24-13;;/h2-3,5,8,10H,4,6-7,9H2,1H3,(H,19,20)(H2,17,18,21,22);2*1H. The molecule has 3 aromatic rings. The molecular weight excluding hydrogens is 413 g/mol. The van der Waals surface area contributed by atoms with E-state index >= 15 is 0 Å². The zero-order valence-electron chi connectivity index (χ0n) is 14.2. The Morgan fingerprint density at radius 1 is 1.31 bits per heavy atom. The quantitative estimate of drug-likeness (QED) is 0.472. The van der Waals surface area contributed by atoms with Gasteiger partial charge in [0.25, 0.3) is 5.56 Å². The Bertz CT molecular complexity index is 835. The number of rotatable bonds is 8. The molecule has 0 fully saturated rings. The summed E-state index contributed by atoms with van der Waals surface area (Å²) in [5, 5.41) is 5.16. The molecular formula is C16H21Cl2N5OS2. The normalized spacial score (nSPS) is 10.0. The molecule has 0 aliphatic rings. The van der Waals surface area contributed by atoms with E-state index in [0.717, 1.165) is 34.3 Å². The lowest BCUT2D eigenvalue weighted by atomic mass is 10.2. The Morgan fingerprint density at radius 2 is 2.15 bits per heavy atom. The summed E-state index contributed by atoms with van der Waals surface area (Å²) in [6.07, 6.45) is 4.00. The van der Waals surface area contributed by atoms with Gasteiger partial charge in [0, 0.05) is 46.8 Å². The monoisotopic (exact) mass is 433 g/mol. The molecule has 6 nitrogen and oxygen atoms in total. The van der Waals surface area contributed by atoms with Crippen molar-refractivity contribution >= 4 is 53.9 Å². The maximum absolute atomic E-state index is 12.1. The van der Waals surface area contributed by atoms with E-state index in [1.54, 1.807) is 35.6 Å². The first kappa shape index (κ1) is 22.6. The number of aromatic nitrogens is 4. The van der Waals surface area contributed by atoms with Crippen LogP contribution in [0.3, 0.4) is 0 Å². The van der Waals surface area contributed by atoms with E-state index in [-0.39, 0.29) is 30.4 Å². The lowest BCUT2D eigenvalue weighted by molar-refractivity contribution is 1.01. The number of H-pyrrole nitrogens is 2. The molecule has 0 atom stereocenters. The highest BCUT2D eigenvalue weighted by molar-refractivity contribution is 7.98. The van der Waals surface area contributed by atoms with Crippen LogP contribution < -0.4 is 10.9 Å². The van der Waals surface area contributed by atoms with Crippen LogP contribution in [0.5, 0.6) is 0 Å². The van der Waals surface area contributed by atoms with Gasteiger partial charge in [0.1, 0.15) is 0 Å². The van der Waals surface area contributed by atoms with Crippen molar-refractivity contribution in [2.75, 3.05) is 17.6 Å². The van der Waals surface area contributed by atoms with Gasteiger partial charge in [0.05, 0.1) is 12.0 Å². The molecule has 142 valence electrons. The SMILES string of the molecule is Cc1[nH]cnc1CSCCNc1ncc(Cc2cccs2)c(=O)[nH]1.Cl.Cl. The number of halogens is 2. The molecule has 0 amide bonds. The number of nitrogens with zero attached hydrogens (tertiary/aromatic N) is 2. The van der Waals surface area contributed by atoms with Gasteiger partial charge in [-0.1, -0.05) is 6.07 Å². The van der Waals surface area contributed by atoms with Gasteiger partial charge in [-0.15, -0.1) is 36.2 Å². The molecule has 0 saturated heterocycles. The Balaban J connectivity index is 0.00000169. The highest BCUT2D eigenvalue weighted by Crippen LogP contribution is 2.13. The van der Waals surface area contributed by atoms with Gasteiger partial charge in [-0.05, 0) is 18.4 Å². The summed E-state index contributed by atoms with van der Waals surface area (Å²) in [6, 6.07) is 4.01. The predicted octanol–water partition coefficient (Wildman–Crippen LogP) is 3.64. The van der Waals surface area contributed by atoms with Crippen molar-refractivity contribution < 1.29 is 0 Å². The molecule has 0 unspecified atom stereocenters. The van der Waals surface area contributed by atoms with Crippen molar-refractivity contribution in [1.29, 1.82) is 0 Å². The van der Waals surface area contributed by atoms with Crippen LogP contribution in [0.1, 0.15) is 21.8 Å². The van der Waals surface area contributed by atoms with Gasteiger partial charge >= 0.3 is 0 Å². The molecule has 3 N–H and O–H groups in total. The molecule has 0 aromatic carbocycles. The van der Waals surface area contributed by atoms with E-state index in [9.17, 15) is 4.79 Å². The van der Waals surface area contributed by atoms with E-state index in [4.69, 9.17) is 0 Å². The molecule has 26 heavy (non-hydrogen) atoms. The fourth-order valence-electron chi connectivity index (χ4n) is 2.18. The van der Waals surface area contributed by atoms with Gasteiger partial charge in [-0.25, -0.2) is 9.97 Å². The Labute approximate surface area is 172 Å². The Kier molecular flexibility index (Phi) is 9.79. The van der Waals surface area contributed by atoms with Crippen LogP contribution in [0.15, 0.2) is 34.8 Å². The van der Waals surface area contributed by atoms with Crippen LogP contribution >= 0.6 is 47.9 Å².